The van der Waals surface area contributed by atoms with Crippen molar-refractivity contribution >= 4 is 15.9 Å². The van der Waals surface area contributed by atoms with Gasteiger partial charge in [0.2, 0.25) is 0 Å². The van der Waals surface area contributed by atoms with Crippen LogP contribution in [0.1, 0.15) is 17.2 Å². The predicted octanol–water partition coefficient (Wildman–Crippen LogP) is 3.81. The molecular weight excluding hydrogens is 290 g/mol. The first kappa shape index (κ1) is 12.2. The topological polar surface area (TPSA) is 20.2 Å². The van der Waals surface area contributed by atoms with Crippen LogP contribution in [0, 0.1) is 11.6 Å². The fourth-order valence-electron chi connectivity index (χ4n) is 1.57. The Morgan fingerprint density at radius 1 is 0.882 bits per heavy atom. The van der Waals surface area contributed by atoms with Crippen LogP contribution in [0.25, 0.3) is 0 Å². The molecule has 0 heterocycles. The molecular formula is C13H9BrF2O. The zero-order valence-electron chi connectivity index (χ0n) is 8.70. The Bertz CT molecular complexity index is 505. The van der Waals surface area contributed by atoms with Gasteiger partial charge < -0.3 is 5.11 Å². The number of hydrogen-bond acceptors (Lipinski definition) is 1. The summed E-state index contributed by atoms with van der Waals surface area (Å²) in [5, 5.41) is 9.98. The molecule has 0 aromatic heterocycles. The molecule has 88 valence electrons. The summed E-state index contributed by atoms with van der Waals surface area (Å²) in [7, 11) is 0. The molecule has 2 aromatic rings. The van der Waals surface area contributed by atoms with E-state index in [-0.39, 0.29) is 5.56 Å². The second-order valence-electron chi connectivity index (χ2n) is 3.66. The molecule has 1 atom stereocenters. The number of aliphatic hydroxyl groups excluding tert-OH is 1. The SMILES string of the molecule is O[C@H](c1ccc(Br)cc1)c1cc(F)cc(F)c1. The van der Waals surface area contributed by atoms with Gasteiger partial charge in [-0.25, -0.2) is 8.78 Å². The summed E-state index contributed by atoms with van der Waals surface area (Å²) in [6.45, 7) is 0. The van der Waals surface area contributed by atoms with Gasteiger partial charge >= 0.3 is 0 Å². The lowest BCUT2D eigenvalue weighted by Gasteiger charge is -2.11. The van der Waals surface area contributed by atoms with Crippen molar-refractivity contribution in [2.75, 3.05) is 0 Å². The second kappa shape index (κ2) is 4.94. The lowest BCUT2D eigenvalue weighted by Crippen LogP contribution is -2.00. The summed E-state index contributed by atoms with van der Waals surface area (Å²) < 4.78 is 26.9. The summed E-state index contributed by atoms with van der Waals surface area (Å²) in [6.07, 6.45) is -1.03. The van der Waals surface area contributed by atoms with E-state index in [2.05, 4.69) is 15.9 Å². The van der Waals surface area contributed by atoms with Gasteiger partial charge in [0.25, 0.3) is 0 Å². The highest BCUT2D eigenvalue weighted by molar-refractivity contribution is 9.10. The van der Waals surface area contributed by atoms with Gasteiger partial charge in [-0.1, -0.05) is 28.1 Å². The van der Waals surface area contributed by atoms with Crippen molar-refractivity contribution in [3.63, 3.8) is 0 Å². The molecule has 0 spiro atoms. The molecule has 0 saturated carbocycles. The van der Waals surface area contributed by atoms with Crippen molar-refractivity contribution in [3.8, 4) is 0 Å². The van der Waals surface area contributed by atoms with Gasteiger partial charge in [-0.05, 0) is 35.4 Å². The molecule has 0 aliphatic heterocycles. The first-order chi connectivity index (χ1) is 8.06. The van der Waals surface area contributed by atoms with E-state index >= 15 is 0 Å². The van der Waals surface area contributed by atoms with E-state index in [9.17, 15) is 13.9 Å². The highest BCUT2D eigenvalue weighted by Crippen LogP contribution is 2.24. The maximum atomic E-state index is 13.0. The zero-order chi connectivity index (χ0) is 12.4. The molecule has 0 fully saturated rings. The fraction of sp³-hybridized carbons (Fsp3) is 0.0769. The Hall–Kier alpha value is -1.26. The molecule has 0 radical (unpaired) electrons. The predicted molar refractivity (Wildman–Crippen MR) is 64.6 cm³/mol. The van der Waals surface area contributed by atoms with Gasteiger partial charge in [-0.2, -0.15) is 0 Å². The van der Waals surface area contributed by atoms with E-state index in [1.54, 1.807) is 24.3 Å². The van der Waals surface area contributed by atoms with Crippen molar-refractivity contribution in [2.45, 2.75) is 6.10 Å². The number of aliphatic hydroxyl groups is 1. The lowest BCUT2D eigenvalue weighted by molar-refractivity contribution is 0.219. The van der Waals surface area contributed by atoms with Crippen LogP contribution in [0.5, 0.6) is 0 Å². The first-order valence-electron chi connectivity index (χ1n) is 4.96. The van der Waals surface area contributed by atoms with Crippen LogP contribution in [0.15, 0.2) is 46.9 Å². The third-order valence-electron chi connectivity index (χ3n) is 2.39. The minimum atomic E-state index is -1.03. The average Bonchev–Trinajstić information content (AvgIpc) is 2.28. The van der Waals surface area contributed by atoms with E-state index in [1.807, 2.05) is 0 Å². The molecule has 1 nitrogen and oxygen atoms in total. The van der Waals surface area contributed by atoms with Crippen LogP contribution in [0.3, 0.4) is 0 Å². The van der Waals surface area contributed by atoms with E-state index < -0.39 is 17.7 Å². The van der Waals surface area contributed by atoms with Crippen LogP contribution < -0.4 is 0 Å². The van der Waals surface area contributed by atoms with Crippen molar-refractivity contribution in [1.82, 2.24) is 0 Å². The molecule has 0 unspecified atom stereocenters. The van der Waals surface area contributed by atoms with Crippen LogP contribution in [0.4, 0.5) is 8.78 Å². The van der Waals surface area contributed by atoms with Crippen molar-refractivity contribution in [2.24, 2.45) is 0 Å². The zero-order valence-corrected chi connectivity index (χ0v) is 10.3. The smallest absolute Gasteiger partial charge is 0.126 e. The van der Waals surface area contributed by atoms with Gasteiger partial charge in [0.1, 0.15) is 17.7 Å². The minimum absolute atomic E-state index is 0.199. The van der Waals surface area contributed by atoms with Gasteiger partial charge in [0.05, 0.1) is 0 Å². The summed E-state index contributed by atoms with van der Waals surface area (Å²) in [5.41, 5.74) is 0.781. The van der Waals surface area contributed by atoms with E-state index in [1.165, 1.54) is 0 Å². The highest BCUT2D eigenvalue weighted by Gasteiger charge is 2.12. The molecule has 0 saturated heterocycles. The molecule has 2 aromatic carbocycles. The lowest BCUT2D eigenvalue weighted by atomic mass is 10.0. The molecule has 0 amide bonds. The average molecular weight is 299 g/mol. The van der Waals surface area contributed by atoms with Gasteiger partial charge in [0, 0.05) is 10.5 Å². The van der Waals surface area contributed by atoms with Crippen LogP contribution in [-0.4, -0.2) is 5.11 Å². The maximum absolute atomic E-state index is 13.0. The molecule has 0 aliphatic carbocycles. The minimum Gasteiger partial charge on any atom is -0.384 e. The largest absolute Gasteiger partial charge is 0.384 e. The van der Waals surface area contributed by atoms with Crippen LogP contribution in [0.2, 0.25) is 0 Å². The molecule has 0 bridgehead atoms. The Morgan fingerprint density at radius 2 is 1.41 bits per heavy atom. The van der Waals surface area contributed by atoms with E-state index in [4.69, 9.17) is 0 Å². The van der Waals surface area contributed by atoms with Gasteiger partial charge in [-0.3, -0.25) is 0 Å². The number of halogens is 3. The van der Waals surface area contributed by atoms with Crippen LogP contribution in [-0.2, 0) is 0 Å². The van der Waals surface area contributed by atoms with E-state index in [0.717, 1.165) is 22.7 Å². The summed E-state index contributed by atoms with van der Waals surface area (Å²) in [5.74, 6) is -1.40. The second-order valence-corrected chi connectivity index (χ2v) is 4.57. The van der Waals surface area contributed by atoms with Gasteiger partial charge in [-0.15, -0.1) is 0 Å². The summed E-state index contributed by atoms with van der Waals surface area (Å²) >= 11 is 3.27. The Balaban J connectivity index is 2.36. The Morgan fingerprint density at radius 3 is 1.94 bits per heavy atom. The third kappa shape index (κ3) is 2.90. The Kier molecular flexibility index (Phi) is 3.54. The van der Waals surface area contributed by atoms with Crippen molar-refractivity contribution in [1.29, 1.82) is 0 Å². The molecule has 2 rings (SSSR count). The molecule has 17 heavy (non-hydrogen) atoms. The normalized spacial score (nSPS) is 12.5. The number of benzene rings is 2. The van der Waals surface area contributed by atoms with Crippen LogP contribution >= 0.6 is 15.9 Å². The molecule has 1 N–H and O–H groups in total. The molecule has 4 heteroatoms. The highest BCUT2D eigenvalue weighted by atomic mass is 79.9. The standard InChI is InChI=1S/C13H9BrF2O/c14-10-3-1-8(2-4-10)13(17)9-5-11(15)7-12(16)6-9/h1-7,13,17H/t13-/m1/s1. The molecule has 0 aliphatic rings. The fourth-order valence-corrected chi connectivity index (χ4v) is 1.83. The van der Waals surface area contributed by atoms with Crippen molar-refractivity contribution in [3.05, 3.63) is 69.7 Å². The van der Waals surface area contributed by atoms with E-state index in [0.29, 0.717) is 5.56 Å². The monoisotopic (exact) mass is 298 g/mol. The quantitative estimate of drug-likeness (QED) is 0.894. The number of hydrogen-bond donors (Lipinski definition) is 1. The first-order valence-corrected chi connectivity index (χ1v) is 5.75. The maximum Gasteiger partial charge on any atom is 0.126 e. The summed E-state index contributed by atoms with van der Waals surface area (Å²) in [6, 6.07) is 9.92. The van der Waals surface area contributed by atoms with Gasteiger partial charge in [0.15, 0.2) is 0 Å². The Labute approximate surface area is 106 Å². The number of rotatable bonds is 2. The third-order valence-corrected chi connectivity index (χ3v) is 2.92. The van der Waals surface area contributed by atoms with Crippen molar-refractivity contribution < 1.29 is 13.9 Å². The summed E-state index contributed by atoms with van der Waals surface area (Å²) in [4.78, 5) is 0.